The number of fused-ring (bicyclic) bond motifs is 2. The molecule has 2 aromatic carbocycles. The van der Waals surface area contributed by atoms with Gasteiger partial charge in [-0.25, -0.2) is 22.8 Å². The summed E-state index contributed by atoms with van der Waals surface area (Å²) in [5.74, 6) is 0.540. The van der Waals surface area contributed by atoms with Gasteiger partial charge in [0.1, 0.15) is 12.9 Å². The lowest BCUT2D eigenvalue weighted by Gasteiger charge is -2.22. The number of aryl methyl sites for hydroxylation is 1. The summed E-state index contributed by atoms with van der Waals surface area (Å²) in [5.41, 5.74) is 2.04. The highest BCUT2D eigenvalue weighted by Gasteiger charge is 2.32. The van der Waals surface area contributed by atoms with Crippen LogP contribution in [-0.4, -0.2) is 60.2 Å². The zero-order valence-corrected chi connectivity index (χ0v) is 20.4. The highest BCUT2D eigenvalue weighted by atomic mass is 32.2. The van der Waals surface area contributed by atoms with Crippen LogP contribution in [-0.2, 0) is 10.0 Å². The second kappa shape index (κ2) is 8.97. The lowest BCUT2D eigenvalue weighted by molar-refractivity contribution is 0.225. The van der Waals surface area contributed by atoms with Crippen molar-refractivity contribution in [2.45, 2.75) is 25.8 Å². The molecule has 0 unspecified atom stereocenters. The molecule has 0 spiro atoms. The maximum atomic E-state index is 15.1. The molecule has 1 aliphatic rings. The van der Waals surface area contributed by atoms with Crippen molar-refractivity contribution in [1.82, 2.24) is 19.3 Å². The van der Waals surface area contributed by atoms with Gasteiger partial charge in [-0.1, -0.05) is 0 Å². The molecule has 0 saturated carbocycles. The molecule has 1 fully saturated rings. The molecule has 1 saturated heterocycles. The number of halogens is 1. The minimum atomic E-state index is -3.31. The molecule has 0 aliphatic carbocycles. The molecule has 1 aliphatic heterocycles. The molecule has 2 aromatic heterocycles. The van der Waals surface area contributed by atoms with Crippen LogP contribution < -0.4 is 14.2 Å². The van der Waals surface area contributed by atoms with Gasteiger partial charge in [0.2, 0.25) is 15.9 Å². The normalized spacial score (nSPS) is 16.7. The summed E-state index contributed by atoms with van der Waals surface area (Å²) in [4.78, 5) is 11.6. The van der Waals surface area contributed by atoms with E-state index in [0.29, 0.717) is 39.8 Å². The first-order valence-corrected chi connectivity index (χ1v) is 13.0. The van der Waals surface area contributed by atoms with E-state index in [0.717, 1.165) is 18.5 Å². The van der Waals surface area contributed by atoms with E-state index < -0.39 is 15.8 Å². The minimum absolute atomic E-state index is 0.0397. The van der Waals surface area contributed by atoms with Crippen molar-refractivity contribution in [3.63, 3.8) is 0 Å². The van der Waals surface area contributed by atoms with E-state index in [2.05, 4.69) is 15.0 Å². The standard InChI is InChI=1S/C24H25FN4O5S/c1-14-9-16-18(28-14)6-7-20(23(16)25)34-24-17-10-21(32-2)22(11-19(17)26-13-27-24)33-12-15-5-4-8-29(15)35(3,30)31/h6-7,9-11,13,15,28H,4-5,8,12H2,1-3H3/t15-/m0/s1. The molecule has 184 valence electrons. The van der Waals surface area contributed by atoms with Crippen LogP contribution in [0.4, 0.5) is 4.39 Å². The van der Waals surface area contributed by atoms with Crippen molar-refractivity contribution in [1.29, 1.82) is 0 Å². The Balaban J connectivity index is 1.44. The van der Waals surface area contributed by atoms with E-state index in [-0.39, 0.29) is 24.3 Å². The largest absolute Gasteiger partial charge is 0.493 e. The minimum Gasteiger partial charge on any atom is -0.493 e. The number of aromatic nitrogens is 3. The van der Waals surface area contributed by atoms with Crippen LogP contribution in [0.15, 0.2) is 36.7 Å². The fourth-order valence-corrected chi connectivity index (χ4v) is 5.63. The predicted molar refractivity (Wildman–Crippen MR) is 129 cm³/mol. The third-order valence-corrected chi connectivity index (χ3v) is 7.44. The quantitative estimate of drug-likeness (QED) is 0.406. The Morgan fingerprint density at radius 1 is 1.14 bits per heavy atom. The smallest absolute Gasteiger partial charge is 0.230 e. The Morgan fingerprint density at radius 3 is 2.74 bits per heavy atom. The number of sulfonamides is 1. The van der Waals surface area contributed by atoms with E-state index in [9.17, 15) is 8.42 Å². The van der Waals surface area contributed by atoms with Gasteiger partial charge in [-0.15, -0.1) is 0 Å². The molecule has 0 bridgehead atoms. The van der Waals surface area contributed by atoms with Crippen LogP contribution in [0.2, 0.25) is 0 Å². The maximum Gasteiger partial charge on any atom is 0.230 e. The zero-order chi connectivity index (χ0) is 24.7. The molecule has 1 atom stereocenters. The summed E-state index contributed by atoms with van der Waals surface area (Å²) in [6.07, 6.45) is 4.04. The number of hydrogen-bond donors (Lipinski definition) is 1. The lowest BCUT2D eigenvalue weighted by atomic mass is 10.2. The Labute approximate surface area is 201 Å². The van der Waals surface area contributed by atoms with Gasteiger partial charge in [0.15, 0.2) is 23.1 Å². The van der Waals surface area contributed by atoms with Crippen molar-refractivity contribution in [2.24, 2.45) is 0 Å². The third kappa shape index (κ3) is 4.48. The monoisotopic (exact) mass is 500 g/mol. The number of nitrogens with one attached hydrogen (secondary N) is 1. The first-order chi connectivity index (χ1) is 16.7. The zero-order valence-electron chi connectivity index (χ0n) is 19.5. The van der Waals surface area contributed by atoms with Crippen LogP contribution in [0.1, 0.15) is 18.5 Å². The van der Waals surface area contributed by atoms with Gasteiger partial charge in [-0.05, 0) is 44.0 Å². The highest BCUT2D eigenvalue weighted by Crippen LogP contribution is 2.38. The average molecular weight is 501 g/mol. The van der Waals surface area contributed by atoms with E-state index >= 15 is 4.39 Å². The van der Waals surface area contributed by atoms with Crippen molar-refractivity contribution in [2.75, 3.05) is 26.5 Å². The summed E-state index contributed by atoms with van der Waals surface area (Å²) in [5, 5.41) is 0.946. The number of rotatable bonds is 7. The molecular formula is C24H25FN4O5S. The lowest BCUT2D eigenvalue weighted by Crippen LogP contribution is -2.38. The van der Waals surface area contributed by atoms with Crippen LogP contribution in [0.3, 0.4) is 0 Å². The van der Waals surface area contributed by atoms with Gasteiger partial charge in [-0.2, -0.15) is 4.31 Å². The Hall–Kier alpha value is -3.44. The molecule has 4 aromatic rings. The maximum absolute atomic E-state index is 15.1. The fraction of sp³-hybridized carbons (Fsp3) is 0.333. The number of benzene rings is 2. The first-order valence-electron chi connectivity index (χ1n) is 11.1. The molecule has 0 amide bonds. The molecule has 3 heterocycles. The summed E-state index contributed by atoms with van der Waals surface area (Å²) in [6, 6.07) is 8.12. The summed E-state index contributed by atoms with van der Waals surface area (Å²) < 4.78 is 57.9. The van der Waals surface area contributed by atoms with E-state index in [4.69, 9.17) is 14.2 Å². The van der Waals surface area contributed by atoms with Gasteiger partial charge in [0.25, 0.3) is 0 Å². The summed E-state index contributed by atoms with van der Waals surface area (Å²) in [7, 11) is -1.81. The highest BCUT2D eigenvalue weighted by molar-refractivity contribution is 7.88. The number of methoxy groups -OCH3 is 1. The third-order valence-electron chi connectivity index (χ3n) is 6.11. The molecule has 35 heavy (non-hydrogen) atoms. The van der Waals surface area contributed by atoms with E-state index in [1.807, 2.05) is 6.92 Å². The number of H-pyrrole nitrogens is 1. The number of aromatic amines is 1. The van der Waals surface area contributed by atoms with Crippen molar-refractivity contribution >= 4 is 31.8 Å². The van der Waals surface area contributed by atoms with E-state index in [1.165, 1.54) is 24.0 Å². The molecule has 11 heteroatoms. The van der Waals surface area contributed by atoms with E-state index in [1.54, 1.807) is 30.3 Å². The SMILES string of the molecule is COc1cc2c(Oc3ccc4[nH]c(C)cc4c3F)ncnc2cc1OC[C@@H]1CCCN1S(C)(=O)=O. The summed E-state index contributed by atoms with van der Waals surface area (Å²) >= 11 is 0. The Bertz CT molecular complexity index is 1520. The van der Waals surface area contributed by atoms with Gasteiger partial charge < -0.3 is 19.2 Å². The molecule has 5 rings (SSSR count). The van der Waals surface area contributed by atoms with Crippen LogP contribution in [0.25, 0.3) is 21.8 Å². The second-order valence-corrected chi connectivity index (χ2v) is 10.5. The van der Waals surface area contributed by atoms with Gasteiger partial charge in [-0.3, -0.25) is 0 Å². The average Bonchev–Trinajstić information content (AvgIpc) is 3.45. The number of hydrogen-bond acceptors (Lipinski definition) is 7. The molecule has 1 N–H and O–H groups in total. The number of nitrogens with zero attached hydrogens (tertiary/aromatic N) is 3. The first kappa shape index (κ1) is 23.3. The van der Waals surface area contributed by atoms with Gasteiger partial charge in [0.05, 0.1) is 30.3 Å². The molecular weight excluding hydrogens is 475 g/mol. The van der Waals surface area contributed by atoms with Crippen LogP contribution >= 0.6 is 0 Å². The summed E-state index contributed by atoms with van der Waals surface area (Å²) in [6.45, 7) is 2.53. The van der Waals surface area contributed by atoms with Crippen molar-refractivity contribution < 1.29 is 27.0 Å². The molecule has 9 nitrogen and oxygen atoms in total. The Kier molecular flexibility index (Phi) is 5.97. The van der Waals surface area contributed by atoms with Crippen LogP contribution in [0.5, 0.6) is 23.1 Å². The van der Waals surface area contributed by atoms with Crippen molar-refractivity contribution in [3.8, 4) is 23.1 Å². The van der Waals surface area contributed by atoms with Gasteiger partial charge >= 0.3 is 0 Å². The topological polar surface area (TPSA) is 107 Å². The Morgan fingerprint density at radius 2 is 1.97 bits per heavy atom. The second-order valence-electron chi connectivity index (χ2n) is 8.57. The van der Waals surface area contributed by atoms with Crippen molar-refractivity contribution in [3.05, 3.63) is 48.2 Å². The predicted octanol–water partition coefficient (Wildman–Crippen LogP) is 4.16. The fourth-order valence-electron chi connectivity index (χ4n) is 4.46. The molecule has 0 radical (unpaired) electrons. The van der Waals surface area contributed by atoms with Gasteiger partial charge in [0, 0.05) is 29.2 Å². The van der Waals surface area contributed by atoms with Crippen LogP contribution in [0, 0.1) is 12.7 Å². The number of ether oxygens (including phenoxy) is 3.